The number of alkyl halides is 1. The van der Waals surface area contributed by atoms with Gasteiger partial charge in [0.2, 0.25) is 15.9 Å². The van der Waals surface area contributed by atoms with Crippen LogP contribution in [0.25, 0.3) is 0 Å². The fourth-order valence-corrected chi connectivity index (χ4v) is 8.39. The van der Waals surface area contributed by atoms with Gasteiger partial charge in [-0.15, -0.1) is 0 Å². The van der Waals surface area contributed by atoms with Gasteiger partial charge in [-0.25, -0.2) is 23.2 Å². The third kappa shape index (κ3) is 4.63. The molecule has 0 bridgehead atoms. The van der Waals surface area contributed by atoms with Crippen molar-refractivity contribution in [3.63, 3.8) is 0 Å². The standard InChI is InChI=1S/C23H38FN9O4S/c24-16-8-27-9-17(19(16)31-3-5-32(6-4-31)38(35,36)15-11-37-12-15)29-22(34)18-20(26)30-33-10-14(7-28-21(18)33)23(13-25)1-2-23/h14-21,27-28,30H,1-12,26H2,(H,29,34). The number of fused-ring (bicyclic) bond motifs is 1. The summed E-state index contributed by atoms with van der Waals surface area (Å²) in [7, 11) is -3.41. The van der Waals surface area contributed by atoms with E-state index in [4.69, 9.17) is 10.5 Å². The van der Waals surface area contributed by atoms with E-state index in [1.807, 2.05) is 9.91 Å². The first-order chi connectivity index (χ1) is 18.2. The van der Waals surface area contributed by atoms with Crippen LogP contribution in [0.4, 0.5) is 4.39 Å². The van der Waals surface area contributed by atoms with Crippen molar-refractivity contribution in [1.82, 2.24) is 35.6 Å². The van der Waals surface area contributed by atoms with E-state index < -0.39 is 45.6 Å². The molecule has 13 nitrogen and oxygen atoms in total. The molecule has 5 aliphatic heterocycles. The quantitative estimate of drug-likeness (QED) is 0.223. The van der Waals surface area contributed by atoms with Gasteiger partial charge in [-0.05, 0) is 12.8 Å². The molecule has 1 saturated carbocycles. The second kappa shape index (κ2) is 10.2. The van der Waals surface area contributed by atoms with Crippen LogP contribution in [0.15, 0.2) is 0 Å². The molecule has 0 aromatic rings. The number of nitrogens with two attached hydrogens (primary N) is 1. The number of ether oxygens (including phenoxy) is 1. The third-order valence-electron chi connectivity index (χ3n) is 9.36. The van der Waals surface area contributed by atoms with Crippen molar-refractivity contribution in [1.29, 1.82) is 5.26 Å². The first kappa shape index (κ1) is 26.7. The van der Waals surface area contributed by atoms with Crippen LogP contribution in [0.5, 0.6) is 0 Å². The Hall–Kier alpha value is -1.48. The molecule has 1 aliphatic carbocycles. The Morgan fingerprint density at radius 2 is 1.89 bits per heavy atom. The summed E-state index contributed by atoms with van der Waals surface area (Å²) in [5.74, 6) is -0.661. The average Bonchev–Trinajstić information content (AvgIpc) is 3.58. The summed E-state index contributed by atoms with van der Waals surface area (Å²) < 4.78 is 47.3. The second-order valence-electron chi connectivity index (χ2n) is 11.6. The molecular formula is C23H38FN9O4S. The van der Waals surface area contributed by atoms with Gasteiger partial charge in [-0.1, -0.05) is 0 Å². The number of piperazine rings is 1. The van der Waals surface area contributed by atoms with Crippen molar-refractivity contribution in [2.75, 3.05) is 65.6 Å². The molecule has 5 heterocycles. The van der Waals surface area contributed by atoms with E-state index in [1.54, 1.807) is 0 Å². The number of hydrogen-bond donors (Lipinski definition) is 5. The maximum Gasteiger partial charge on any atom is 0.229 e. The minimum atomic E-state index is -3.41. The minimum Gasteiger partial charge on any atom is -0.378 e. The van der Waals surface area contributed by atoms with Crippen molar-refractivity contribution in [2.45, 2.75) is 48.7 Å². The van der Waals surface area contributed by atoms with Crippen LogP contribution < -0.4 is 27.1 Å². The number of rotatable bonds is 6. The van der Waals surface area contributed by atoms with Gasteiger partial charge < -0.3 is 21.1 Å². The lowest BCUT2D eigenvalue weighted by Gasteiger charge is -2.46. The van der Waals surface area contributed by atoms with E-state index >= 15 is 4.39 Å². The second-order valence-corrected chi connectivity index (χ2v) is 13.8. The Morgan fingerprint density at radius 3 is 2.53 bits per heavy atom. The number of nitrogens with one attached hydrogen (secondary N) is 4. The molecule has 5 saturated heterocycles. The van der Waals surface area contributed by atoms with Crippen molar-refractivity contribution < 1.29 is 22.3 Å². The monoisotopic (exact) mass is 555 g/mol. The van der Waals surface area contributed by atoms with Crippen LogP contribution in [0.2, 0.25) is 0 Å². The lowest BCUT2D eigenvalue weighted by Crippen LogP contribution is -2.68. The molecule has 6 aliphatic rings. The predicted molar refractivity (Wildman–Crippen MR) is 134 cm³/mol. The molecule has 1 amide bonds. The molecule has 6 fully saturated rings. The summed E-state index contributed by atoms with van der Waals surface area (Å²) in [5.41, 5.74) is 9.28. The van der Waals surface area contributed by atoms with Crippen molar-refractivity contribution >= 4 is 15.9 Å². The van der Waals surface area contributed by atoms with Gasteiger partial charge in [-0.3, -0.25) is 15.0 Å². The van der Waals surface area contributed by atoms with Gasteiger partial charge in [0.15, 0.2) is 0 Å². The van der Waals surface area contributed by atoms with Gasteiger partial charge in [0.05, 0.1) is 55.0 Å². The number of piperidine rings is 1. The largest absolute Gasteiger partial charge is 0.378 e. The number of carbonyl (C=O) groups is 1. The number of nitrogens with zero attached hydrogens (tertiary/aromatic N) is 4. The number of amides is 1. The number of nitriles is 1. The fraction of sp³-hybridized carbons (Fsp3) is 0.913. The molecule has 6 N–H and O–H groups in total. The number of hydrogen-bond acceptors (Lipinski definition) is 11. The summed E-state index contributed by atoms with van der Waals surface area (Å²) >= 11 is 0. The highest BCUT2D eigenvalue weighted by molar-refractivity contribution is 7.89. The normalized spacial score (nSPS) is 40.6. The summed E-state index contributed by atoms with van der Waals surface area (Å²) in [6.45, 7) is 3.71. The molecule has 0 aromatic carbocycles. The average molecular weight is 556 g/mol. The van der Waals surface area contributed by atoms with E-state index in [9.17, 15) is 18.5 Å². The van der Waals surface area contributed by atoms with Crippen LogP contribution in [-0.4, -0.2) is 130 Å². The van der Waals surface area contributed by atoms with Gasteiger partial charge in [0.1, 0.15) is 11.4 Å². The van der Waals surface area contributed by atoms with Crippen molar-refractivity contribution in [3.8, 4) is 6.07 Å². The molecular weight excluding hydrogens is 517 g/mol. The minimum absolute atomic E-state index is 0.170. The fourth-order valence-electron chi connectivity index (χ4n) is 6.76. The molecule has 7 atom stereocenters. The van der Waals surface area contributed by atoms with Crippen molar-refractivity contribution in [2.24, 2.45) is 23.0 Å². The number of sulfonamides is 1. The van der Waals surface area contributed by atoms with Crippen LogP contribution in [0.1, 0.15) is 12.8 Å². The molecule has 0 aromatic heterocycles. The lowest BCUT2D eigenvalue weighted by molar-refractivity contribution is -0.128. The first-order valence-corrected chi connectivity index (χ1v) is 15.1. The summed E-state index contributed by atoms with van der Waals surface area (Å²) in [6, 6.07) is 1.42. The molecule has 6 rings (SSSR count). The Balaban J connectivity index is 1.09. The number of hydrazine groups is 1. The summed E-state index contributed by atoms with van der Waals surface area (Å²) in [6.07, 6.45) is -0.321. The van der Waals surface area contributed by atoms with Crippen molar-refractivity contribution in [3.05, 3.63) is 0 Å². The van der Waals surface area contributed by atoms with E-state index in [2.05, 4.69) is 27.4 Å². The molecule has 15 heteroatoms. The van der Waals surface area contributed by atoms with Crippen LogP contribution in [0.3, 0.4) is 0 Å². The topological polar surface area (TPSA) is 168 Å². The van der Waals surface area contributed by atoms with Gasteiger partial charge >= 0.3 is 0 Å². The number of carbonyl (C=O) groups excluding carboxylic acids is 1. The third-order valence-corrected chi connectivity index (χ3v) is 11.6. The molecule has 0 spiro atoms. The maximum absolute atomic E-state index is 15.3. The SMILES string of the molecule is N#CC1(C2CNC3C(C(=O)NC4CNCC(F)C4N4CCN(S(=O)(=O)C5COC5)CC4)C(N)NN3C2)CC1. The molecule has 0 radical (unpaired) electrons. The molecule has 7 unspecified atom stereocenters. The Labute approximate surface area is 222 Å². The van der Waals surface area contributed by atoms with Gasteiger partial charge in [0.25, 0.3) is 0 Å². The Kier molecular flexibility index (Phi) is 7.15. The maximum atomic E-state index is 15.3. The zero-order valence-electron chi connectivity index (χ0n) is 21.4. The first-order valence-electron chi connectivity index (χ1n) is 13.6. The molecule has 38 heavy (non-hydrogen) atoms. The highest BCUT2D eigenvalue weighted by atomic mass is 32.2. The van der Waals surface area contributed by atoms with E-state index in [1.165, 1.54) is 4.31 Å². The Bertz CT molecular complexity index is 1060. The summed E-state index contributed by atoms with van der Waals surface area (Å²) in [4.78, 5) is 15.5. The highest BCUT2D eigenvalue weighted by Gasteiger charge is 2.55. The zero-order valence-corrected chi connectivity index (χ0v) is 22.2. The zero-order chi connectivity index (χ0) is 26.7. The van der Waals surface area contributed by atoms with Crippen LogP contribution in [0, 0.1) is 28.6 Å². The summed E-state index contributed by atoms with van der Waals surface area (Å²) in [5, 5.41) is 20.6. The number of halogens is 1. The van der Waals surface area contributed by atoms with Crippen LogP contribution >= 0.6 is 0 Å². The van der Waals surface area contributed by atoms with Crippen LogP contribution in [-0.2, 0) is 19.6 Å². The van der Waals surface area contributed by atoms with Gasteiger partial charge in [0, 0.05) is 58.3 Å². The highest BCUT2D eigenvalue weighted by Crippen LogP contribution is 2.52. The lowest BCUT2D eigenvalue weighted by atomic mass is 9.87. The molecule has 212 valence electrons. The smallest absolute Gasteiger partial charge is 0.229 e. The van der Waals surface area contributed by atoms with E-state index in [0.29, 0.717) is 45.8 Å². The predicted octanol–water partition coefficient (Wildman–Crippen LogP) is -3.30. The van der Waals surface area contributed by atoms with E-state index in [0.717, 1.165) is 12.8 Å². The Morgan fingerprint density at radius 1 is 1.16 bits per heavy atom. The van der Waals surface area contributed by atoms with Gasteiger partial charge in [-0.2, -0.15) is 9.57 Å². The van der Waals surface area contributed by atoms with E-state index in [-0.39, 0.29) is 43.2 Å².